The lowest BCUT2D eigenvalue weighted by atomic mass is 10.1. The number of rotatable bonds is 8. The van der Waals surface area contributed by atoms with Gasteiger partial charge in [-0.1, -0.05) is 26.2 Å². The van der Waals surface area contributed by atoms with Crippen molar-refractivity contribution in [2.75, 3.05) is 21.3 Å². The molecule has 0 unspecified atom stereocenters. The molecule has 3 heteroatoms. The van der Waals surface area contributed by atoms with E-state index < -0.39 is 0 Å². The molecule has 0 saturated carbocycles. The van der Waals surface area contributed by atoms with Crippen molar-refractivity contribution in [1.82, 2.24) is 0 Å². The fourth-order valence-corrected chi connectivity index (χ4v) is 1.96. The van der Waals surface area contributed by atoms with Gasteiger partial charge in [0, 0.05) is 0 Å². The quantitative estimate of drug-likeness (QED) is 0.660. The summed E-state index contributed by atoms with van der Waals surface area (Å²) in [5.41, 5.74) is 1.22. The largest absolute Gasteiger partial charge is 0.493 e. The predicted molar refractivity (Wildman–Crippen MR) is 73.6 cm³/mol. The van der Waals surface area contributed by atoms with Crippen LogP contribution in [0.25, 0.3) is 0 Å². The van der Waals surface area contributed by atoms with Crippen LogP contribution < -0.4 is 14.2 Å². The average Bonchev–Trinajstić information content (AvgIpc) is 2.42. The highest BCUT2D eigenvalue weighted by Gasteiger charge is 2.12. The lowest BCUT2D eigenvalue weighted by Crippen LogP contribution is -1.97. The molecular weight excluding hydrogens is 228 g/mol. The van der Waals surface area contributed by atoms with Crippen LogP contribution in [-0.4, -0.2) is 21.3 Å². The van der Waals surface area contributed by atoms with Crippen LogP contribution in [-0.2, 0) is 6.42 Å². The Hall–Kier alpha value is -1.38. The van der Waals surface area contributed by atoms with Crippen LogP contribution >= 0.6 is 0 Å². The van der Waals surface area contributed by atoms with Crippen LogP contribution in [0.4, 0.5) is 0 Å². The highest BCUT2D eigenvalue weighted by molar-refractivity contribution is 5.53. The molecule has 0 aliphatic rings. The summed E-state index contributed by atoms with van der Waals surface area (Å²) in [5.74, 6) is 2.11. The van der Waals surface area contributed by atoms with Crippen LogP contribution in [0.15, 0.2) is 12.1 Å². The molecular formula is C15H23O3. The molecule has 1 aromatic rings. The third kappa shape index (κ3) is 3.83. The van der Waals surface area contributed by atoms with E-state index in [0.29, 0.717) is 5.75 Å². The molecule has 0 aliphatic carbocycles. The van der Waals surface area contributed by atoms with E-state index >= 15 is 0 Å². The third-order valence-electron chi connectivity index (χ3n) is 2.94. The molecule has 0 aliphatic heterocycles. The molecule has 1 radical (unpaired) electrons. The second kappa shape index (κ2) is 7.85. The normalized spacial score (nSPS) is 10.2. The zero-order valence-corrected chi connectivity index (χ0v) is 11.6. The van der Waals surface area contributed by atoms with Crippen molar-refractivity contribution in [3.8, 4) is 17.2 Å². The van der Waals surface area contributed by atoms with Crippen molar-refractivity contribution in [2.45, 2.75) is 32.1 Å². The zero-order chi connectivity index (χ0) is 13.4. The van der Waals surface area contributed by atoms with Gasteiger partial charge in [0.25, 0.3) is 0 Å². The summed E-state index contributed by atoms with van der Waals surface area (Å²) >= 11 is 0. The van der Waals surface area contributed by atoms with Crippen molar-refractivity contribution in [3.05, 3.63) is 24.6 Å². The van der Waals surface area contributed by atoms with E-state index in [4.69, 9.17) is 14.2 Å². The summed E-state index contributed by atoms with van der Waals surface area (Å²) < 4.78 is 16.0. The van der Waals surface area contributed by atoms with E-state index in [1.807, 2.05) is 12.1 Å². The lowest BCUT2D eigenvalue weighted by Gasteiger charge is -2.14. The Labute approximate surface area is 110 Å². The maximum absolute atomic E-state index is 5.33. The highest BCUT2D eigenvalue weighted by atomic mass is 16.5. The Morgan fingerprint density at radius 3 is 1.94 bits per heavy atom. The summed E-state index contributed by atoms with van der Waals surface area (Å²) in [7, 11) is 4.90. The maximum Gasteiger partial charge on any atom is 0.203 e. The van der Waals surface area contributed by atoms with Crippen LogP contribution in [0, 0.1) is 6.92 Å². The first kappa shape index (κ1) is 14.7. The maximum atomic E-state index is 5.33. The van der Waals surface area contributed by atoms with Crippen molar-refractivity contribution < 1.29 is 14.2 Å². The highest BCUT2D eigenvalue weighted by Crippen LogP contribution is 2.38. The molecule has 3 nitrogen and oxygen atoms in total. The van der Waals surface area contributed by atoms with Crippen molar-refractivity contribution >= 4 is 0 Å². The molecule has 0 amide bonds. The van der Waals surface area contributed by atoms with Gasteiger partial charge in [-0.05, 0) is 30.5 Å². The minimum atomic E-state index is 0.654. The van der Waals surface area contributed by atoms with E-state index in [-0.39, 0.29) is 0 Å². The molecule has 0 saturated heterocycles. The Balaban J connectivity index is 2.80. The van der Waals surface area contributed by atoms with Crippen molar-refractivity contribution in [3.63, 3.8) is 0 Å². The standard InChI is InChI=1S/C15H23O3/c1-5-6-7-8-9-12-10-13(16-2)15(18-4)14(11-12)17-3/h10-11H,1,5-9H2,2-4H3. The van der Waals surface area contributed by atoms with Gasteiger partial charge in [-0.3, -0.25) is 0 Å². The van der Waals surface area contributed by atoms with Gasteiger partial charge in [-0.15, -0.1) is 0 Å². The topological polar surface area (TPSA) is 27.7 Å². The van der Waals surface area contributed by atoms with Gasteiger partial charge in [0.05, 0.1) is 21.3 Å². The fourth-order valence-electron chi connectivity index (χ4n) is 1.96. The second-order valence-corrected chi connectivity index (χ2v) is 4.20. The number of ether oxygens (including phenoxy) is 3. The van der Waals surface area contributed by atoms with Crippen LogP contribution in [0.3, 0.4) is 0 Å². The van der Waals surface area contributed by atoms with E-state index in [0.717, 1.165) is 30.8 Å². The Kier molecular flexibility index (Phi) is 6.40. The first-order chi connectivity index (χ1) is 8.76. The summed E-state index contributed by atoms with van der Waals surface area (Å²) in [5, 5.41) is 0. The zero-order valence-electron chi connectivity index (χ0n) is 11.6. The molecule has 18 heavy (non-hydrogen) atoms. The molecule has 101 valence electrons. The molecule has 1 aromatic carbocycles. The average molecular weight is 251 g/mol. The molecule has 0 spiro atoms. The van der Waals surface area contributed by atoms with Gasteiger partial charge < -0.3 is 14.2 Å². The van der Waals surface area contributed by atoms with E-state index in [1.54, 1.807) is 21.3 Å². The smallest absolute Gasteiger partial charge is 0.203 e. The van der Waals surface area contributed by atoms with E-state index in [9.17, 15) is 0 Å². The summed E-state index contributed by atoms with van der Waals surface area (Å²) in [6.07, 6.45) is 5.59. The van der Waals surface area contributed by atoms with E-state index in [2.05, 4.69) is 6.92 Å². The fraction of sp³-hybridized carbons (Fsp3) is 0.533. The van der Waals surface area contributed by atoms with E-state index in [1.165, 1.54) is 18.4 Å². The Morgan fingerprint density at radius 2 is 1.50 bits per heavy atom. The van der Waals surface area contributed by atoms with Crippen molar-refractivity contribution in [1.29, 1.82) is 0 Å². The van der Waals surface area contributed by atoms with Gasteiger partial charge in [-0.2, -0.15) is 0 Å². The Bertz CT molecular complexity index is 336. The van der Waals surface area contributed by atoms with Crippen LogP contribution in [0.1, 0.15) is 31.2 Å². The second-order valence-electron chi connectivity index (χ2n) is 4.20. The molecule has 0 heterocycles. The molecule has 1 rings (SSSR count). The monoisotopic (exact) mass is 251 g/mol. The van der Waals surface area contributed by atoms with Crippen LogP contribution in [0.2, 0.25) is 0 Å². The van der Waals surface area contributed by atoms with Crippen LogP contribution in [0.5, 0.6) is 17.2 Å². The number of unbranched alkanes of at least 4 members (excludes halogenated alkanes) is 3. The molecule has 0 bridgehead atoms. The number of aryl methyl sites for hydroxylation is 1. The minimum absolute atomic E-state index is 0.654. The van der Waals surface area contributed by atoms with Gasteiger partial charge >= 0.3 is 0 Å². The number of hydrogen-bond donors (Lipinski definition) is 0. The molecule has 0 N–H and O–H groups in total. The van der Waals surface area contributed by atoms with Gasteiger partial charge in [-0.25, -0.2) is 0 Å². The third-order valence-corrected chi connectivity index (χ3v) is 2.94. The van der Waals surface area contributed by atoms with Gasteiger partial charge in [0.15, 0.2) is 11.5 Å². The first-order valence-corrected chi connectivity index (χ1v) is 6.35. The molecule has 0 fully saturated rings. The van der Waals surface area contributed by atoms with Crippen molar-refractivity contribution in [2.24, 2.45) is 0 Å². The summed E-state index contributed by atoms with van der Waals surface area (Å²) in [6, 6.07) is 4.04. The summed E-state index contributed by atoms with van der Waals surface area (Å²) in [6.45, 7) is 3.85. The number of benzene rings is 1. The first-order valence-electron chi connectivity index (χ1n) is 6.35. The number of hydrogen-bond acceptors (Lipinski definition) is 3. The molecule has 0 atom stereocenters. The summed E-state index contributed by atoms with van der Waals surface area (Å²) in [4.78, 5) is 0. The van der Waals surface area contributed by atoms with Gasteiger partial charge in [0.1, 0.15) is 0 Å². The lowest BCUT2D eigenvalue weighted by molar-refractivity contribution is 0.323. The number of methoxy groups -OCH3 is 3. The predicted octanol–water partition coefficient (Wildman–Crippen LogP) is 3.65. The Morgan fingerprint density at radius 1 is 0.889 bits per heavy atom. The van der Waals surface area contributed by atoms with Gasteiger partial charge in [0.2, 0.25) is 5.75 Å². The molecule has 0 aromatic heterocycles. The SMILES string of the molecule is [CH2]CCCCCc1cc(OC)c(OC)c(OC)c1. The minimum Gasteiger partial charge on any atom is -0.493 e.